The number of rotatable bonds is 2. The van der Waals surface area contributed by atoms with Crippen molar-refractivity contribution in [3.05, 3.63) is 63.6 Å². The lowest BCUT2D eigenvalue weighted by atomic mass is 9.87. The van der Waals surface area contributed by atoms with E-state index in [0.29, 0.717) is 0 Å². The van der Waals surface area contributed by atoms with Crippen LogP contribution in [-0.2, 0) is 6.42 Å². The summed E-state index contributed by atoms with van der Waals surface area (Å²) in [6.07, 6.45) is 0.905. The van der Waals surface area contributed by atoms with Crippen LogP contribution in [-0.4, -0.2) is 18.6 Å². The van der Waals surface area contributed by atoms with Crippen molar-refractivity contribution in [2.24, 2.45) is 0 Å². The SMILES string of the molecule is COc1cc(C)c(C2NCCc3c2[nH]c2ccc(F)cc32)c(C)c1C. The van der Waals surface area contributed by atoms with Crippen LogP contribution in [0.1, 0.15) is 39.6 Å². The minimum atomic E-state index is -0.183. The monoisotopic (exact) mass is 338 g/mol. The first-order valence-corrected chi connectivity index (χ1v) is 8.69. The van der Waals surface area contributed by atoms with Gasteiger partial charge in [0.25, 0.3) is 0 Å². The fraction of sp³-hybridized carbons (Fsp3) is 0.333. The summed E-state index contributed by atoms with van der Waals surface area (Å²) in [6.45, 7) is 7.26. The summed E-state index contributed by atoms with van der Waals surface area (Å²) < 4.78 is 19.2. The number of H-pyrrole nitrogens is 1. The molecule has 2 heterocycles. The number of hydrogen-bond acceptors (Lipinski definition) is 2. The molecule has 1 aromatic heterocycles. The highest BCUT2D eigenvalue weighted by Crippen LogP contribution is 2.38. The second kappa shape index (κ2) is 5.88. The summed E-state index contributed by atoms with van der Waals surface area (Å²) in [4.78, 5) is 3.53. The molecule has 0 saturated heterocycles. The molecule has 3 aromatic rings. The lowest BCUT2D eigenvalue weighted by molar-refractivity contribution is 0.410. The minimum absolute atomic E-state index is 0.0869. The van der Waals surface area contributed by atoms with E-state index in [9.17, 15) is 4.39 Å². The predicted molar refractivity (Wildman–Crippen MR) is 99.0 cm³/mol. The van der Waals surface area contributed by atoms with Gasteiger partial charge in [-0.3, -0.25) is 0 Å². The molecule has 1 atom stereocenters. The maximum absolute atomic E-state index is 13.7. The Labute approximate surface area is 147 Å². The highest BCUT2D eigenvalue weighted by molar-refractivity contribution is 5.85. The van der Waals surface area contributed by atoms with Crippen LogP contribution in [0, 0.1) is 26.6 Å². The Hall–Kier alpha value is -2.33. The number of aromatic nitrogens is 1. The first-order valence-electron chi connectivity index (χ1n) is 8.69. The fourth-order valence-corrected chi connectivity index (χ4v) is 4.17. The van der Waals surface area contributed by atoms with Gasteiger partial charge in [0.15, 0.2) is 0 Å². The van der Waals surface area contributed by atoms with E-state index in [0.717, 1.165) is 35.3 Å². The van der Waals surface area contributed by atoms with Crippen molar-refractivity contribution < 1.29 is 9.13 Å². The van der Waals surface area contributed by atoms with Gasteiger partial charge < -0.3 is 15.0 Å². The fourth-order valence-electron chi connectivity index (χ4n) is 4.17. The number of aryl methyl sites for hydroxylation is 1. The Bertz CT molecular complexity index is 974. The topological polar surface area (TPSA) is 37.0 Å². The number of ether oxygens (including phenoxy) is 1. The maximum Gasteiger partial charge on any atom is 0.123 e. The number of methoxy groups -OCH3 is 1. The summed E-state index contributed by atoms with van der Waals surface area (Å²) in [7, 11) is 1.71. The molecule has 2 N–H and O–H groups in total. The largest absolute Gasteiger partial charge is 0.496 e. The van der Waals surface area contributed by atoms with Gasteiger partial charge in [-0.2, -0.15) is 0 Å². The third-order valence-corrected chi connectivity index (χ3v) is 5.53. The number of nitrogens with one attached hydrogen (secondary N) is 2. The highest BCUT2D eigenvalue weighted by Gasteiger charge is 2.28. The molecule has 0 spiro atoms. The summed E-state index contributed by atoms with van der Waals surface area (Å²) in [6, 6.07) is 7.19. The maximum atomic E-state index is 13.7. The molecule has 0 aliphatic carbocycles. The van der Waals surface area contributed by atoms with Crippen LogP contribution >= 0.6 is 0 Å². The molecule has 0 bridgehead atoms. The molecule has 0 amide bonds. The third kappa shape index (κ3) is 2.44. The number of halogens is 1. The van der Waals surface area contributed by atoms with E-state index < -0.39 is 0 Å². The van der Waals surface area contributed by atoms with Crippen LogP contribution in [0.2, 0.25) is 0 Å². The average molecular weight is 338 g/mol. The summed E-state index contributed by atoms with van der Waals surface area (Å²) >= 11 is 0. The zero-order valence-corrected chi connectivity index (χ0v) is 15.1. The number of hydrogen-bond donors (Lipinski definition) is 2. The number of fused-ring (bicyclic) bond motifs is 3. The Morgan fingerprint density at radius 3 is 2.68 bits per heavy atom. The first-order chi connectivity index (χ1) is 12.0. The summed E-state index contributed by atoms with van der Waals surface area (Å²) in [5.41, 5.74) is 8.28. The average Bonchev–Trinajstić information content (AvgIpc) is 2.97. The number of aromatic amines is 1. The summed E-state index contributed by atoms with van der Waals surface area (Å²) in [5.74, 6) is 0.741. The molecule has 4 rings (SSSR count). The smallest absolute Gasteiger partial charge is 0.123 e. The van der Waals surface area contributed by atoms with E-state index in [1.165, 1.54) is 33.9 Å². The molecule has 1 unspecified atom stereocenters. The van der Waals surface area contributed by atoms with E-state index in [1.54, 1.807) is 13.2 Å². The Balaban J connectivity index is 1.93. The van der Waals surface area contributed by atoms with Gasteiger partial charge in [0.1, 0.15) is 11.6 Å². The molecule has 3 nitrogen and oxygen atoms in total. The molecule has 0 saturated carbocycles. The van der Waals surface area contributed by atoms with Crippen molar-refractivity contribution in [2.45, 2.75) is 33.2 Å². The predicted octanol–water partition coefficient (Wildman–Crippen LogP) is 4.48. The zero-order chi connectivity index (χ0) is 17.7. The van der Waals surface area contributed by atoms with Gasteiger partial charge in [-0.05, 0) is 79.3 Å². The van der Waals surface area contributed by atoms with Gasteiger partial charge >= 0.3 is 0 Å². The van der Waals surface area contributed by atoms with Gasteiger partial charge in [-0.1, -0.05) is 0 Å². The Morgan fingerprint density at radius 1 is 1.12 bits per heavy atom. The van der Waals surface area contributed by atoms with Gasteiger partial charge in [0.2, 0.25) is 0 Å². The van der Waals surface area contributed by atoms with Gasteiger partial charge in [0, 0.05) is 23.1 Å². The molecule has 0 fully saturated rings. The molecule has 2 aromatic carbocycles. The highest BCUT2D eigenvalue weighted by atomic mass is 19.1. The first kappa shape index (κ1) is 16.2. The standard InChI is InChI=1S/C21H23FN2O/c1-11-9-18(25-4)12(2)13(3)19(11)21-20-15(7-8-23-21)16-10-14(22)5-6-17(16)24-20/h5-6,9-10,21,23-24H,7-8H2,1-4H3. The molecule has 130 valence electrons. The Kier molecular flexibility index (Phi) is 3.80. The van der Waals surface area contributed by atoms with Crippen LogP contribution in [0.3, 0.4) is 0 Å². The van der Waals surface area contributed by atoms with Crippen molar-refractivity contribution in [1.82, 2.24) is 10.3 Å². The van der Waals surface area contributed by atoms with Crippen molar-refractivity contribution in [1.29, 1.82) is 0 Å². The van der Waals surface area contributed by atoms with Crippen molar-refractivity contribution in [3.8, 4) is 5.75 Å². The van der Waals surface area contributed by atoms with E-state index in [-0.39, 0.29) is 11.9 Å². The molecule has 1 aliphatic rings. The summed E-state index contributed by atoms with van der Waals surface area (Å²) in [5, 5.41) is 4.65. The Morgan fingerprint density at radius 2 is 1.92 bits per heavy atom. The molecular weight excluding hydrogens is 315 g/mol. The van der Waals surface area contributed by atoms with Crippen molar-refractivity contribution >= 4 is 10.9 Å². The molecule has 25 heavy (non-hydrogen) atoms. The molecular formula is C21H23FN2O. The molecule has 0 radical (unpaired) electrons. The van der Waals surface area contributed by atoms with E-state index in [2.05, 4.69) is 37.1 Å². The lowest BCUT2D eigenvalue weighted by Gasteiger charge is -2.28. The number of benzene rings is 2. The van der Waals surface area contributed by atoms with Crippen LogP contribution < -0.4 is 10.1 Å². The third-order valence-electron chi connectivity index (χ3n) is 5.53. The van der Waals surface area contributed by atoms with Crippen molar-refractivity contribution in [3.63, 3.8) is 0 Å². The van der Waals surface area contributed by atoms with Crippen LogP contribution in [0.25, 0.3) is 10.9 Å². The van der Waals surface area contributed by atoms with Gasteiger partial charge in [0.05, 0.1) is 13.2 Å². The van der Waals surface area contributed by atoms with E-state index in [1.807, 2.05) is 6.07 Å². The molecule has 4 heteroatoms. The second-order valence-electron chi connectivity index (χ2n) is 6.90. The normalized spacial score (nSPS) is 16.9. The second-order valence-corrected chi connectivity index (χ2v) is 6.90. The van der Waals surface area contributed by atoms with Crippen LogP contribution in [0.5, 0.6) is 5.75 Å². The minimum Gasteiger partial charge on any atom is -0.496 e. The van der Waals surface area contributed by atoms with Crippen LogP contribution in [0.4, 0.5) is 4.39 Å². The van der Waals surface area contributed by atoms with E-state index >= 15 is 0 Å². The van der Waals surface area contributed by atoms with Gasteiger partial charge in [-0.25, -0.2) is 4.39 Å². The van der Waals surface area contributed by atoms with E-state index in [4.69, 9.17) is 4.74 Å². The van der Waals surface area contributed by atoms with Crippen LogP contribution in [0.15, 0.2) is 24.3 Å². The quantitative estimate of drug-likeness (QED) is 0.723. The van der Waals surface area contributed by atoms with Crippen molar-refractivity contribution in [2.75, 3.05) is 13.7 Å². The van der Waals surface area contributed by atoms with Gasteiger partial charge in [-0.15, -0.1) is 0 Å². The zero-order valence-electron chi connectivity index (χ0n) is 15.1. The lowest BCUT2D eigenvalue weighted by Crippen LogP contribution is -2.31. The molecule has 1 aliphatic heterocycles.